The minimum atomic E-state index is -1.84. The molecule has 0 aromatic heterocycles. The largest absolute Gasteiger partial charge is 0.426 e. The lowest BCUT2D eigenvalue weighted by atomic mass is 9.89. The fourth-order valence-corrected chi connectivity index (χ4v) is 3.81. The first-order valence-electron chi connectivity index (χ1n) is 8.88. The van der Waals surface area contributed by atoms with Gasteiger partial charge >= 0.3 is 5.97 Å². The number of ether oxygens (including phenoxy) is 1. The second-order valence-electron chi connectivity index (χ2n) is 6.75. The summed E-state index contributed by atoms with van der Waals surface area (Å²) >= 11 is 5.98. The zero-order valence-corrected chi connectivity index (χ0v) is 15.4. The Balaban J connectivity index is 1.91. The van der Waals surface area contributed by atoms with Crippen molar-refractivity contribution in [2.75, 3.05) is 13.1 Å². The van der Waals surface area contributed by atoms with E-state index < -0.39 is 11.7 Å². The van der Waals surface area contributed by atoms with Gasteiger partial charge in [0.2, 0.25) is 0 Å². The maximum absolute atomic E-state index is 13.2. The standard InChI is InChI=1S/C21H19ClN2O3/c22-16-10-8-14(9-11-16)17-18(15-6-2-1-3-7-15)21(23,27-19(17)25)20(26)24-12-4-5-13-24/h1-3,6-11H,4-5,12-13,23H2. The molecule has 6 heteroatoms. The van der Waals surface area contributed by atoms with Crippen LogP contribution in [0.2, 0.25) is 5.02 Å². The number of hydrogen-bond donors (Lipinski definition) is 1. The van der Waals surface area contributed by atoms with Gasteiger partial charge in [-0.1, -0.05) is 54.1 Å². The SMILES string of the molecule is NC1(C(=O)N2CCCC2)OC(=O)C(c2ccc(Cl)cc2)=C1c1ccccc1. The first-order valence-corrected chi connectivity index (χ1v) is 9.26. The van der Waals surface area contributed by atoms with Crippen molar-refractivity contribution in [3.05, 3.63) is 70.7 Å². The maximum atomic E-state index is 13.2. The van der Waals surface area contributed by atoms with E-state index >= 15 is 0 Å². The first-order chi connectivity index (χ1) is 13.0. The molecule has 138 valence electrons. The molecule has 4 rings (SSSR count). The quantitative estimate of drug-likeness (QED) is 0.828. The van der Waals surface area contributed by atoms with E-state index in [0.29, 0.717) is 40.4 Å². The van der Waals surface area contributed by atoms with Crippen molar-refractivity contribution in [1.82, 2.24) is 4.90 Å². The molecule has 1 unspecified atom stereocenters. The third-order valence-corrected chi connectivity index (χ3v) is 5.24. The van der Waals surface area contributed by atoms with Gasteiger partial charge in [-0.15, -0.1) is 0 Å². The predicted molar refractivity (Wildman–Crippen MR) is 104 cm³/mol. The lowest BCUT2D eigenvalue weighted by molar-refractivity contribution is -0.159. The molecular weight excluding hydrogens is 364 g/mol. The lowest BCUT2D eigenvalue weighted by Gasteiger charge is -2.29. The Bertz CT molecular complexity index is 918. The van der Waals surface area contributed by atoms with Gasteiger partial charge in [-0.2, -0.15) is 0 Å². The highest BCUT2D eigenvalue weighted by molar-refractivity contribution is 6.33. The van der Waals surface area contributed by atoms with Gasteiger partial charge in [-0.25, -0.2) is 4.79 Å². The van der Waals surface area contributed by atoms with Gasteiger partial charge in [-0.3, -0.25) is 10.5 Å². The van der Waals surface area contributed by atoms with E-state index in [-0.39, 0.29) is 5.91 Å². The number of nitrogens with two attached hydrogens (primary N) is 1. The second-order valence-corrected chi connectivity index (χ2v) is 7.18. The van der Waals surface area contributed by atoms with Crippen LogP contribution in [-0.2, 0) is 14.3 Å². The molecule has 1 atom stereocenters. The minimum absolute atomic E-state index is 0.299. The Hall–Kier alpha value is -2.63. The van der Waals surface area contributed by atoms with Crippen LogP contribution in [0, 0.1) is 0 Å². The van der Waals surface area contributed by atoms with E-state index in [2.05, 4.69) is 0 Å². The maximum Gasteiger partial charge on any atom is 0.341 e. The molecule has 1 amide bonds. The molecule has 2 aliphatic heterocycles. The highest BCUT2D eigenvalue weighted by Gasteiger charge is 2.53. The summed E-state index contributed by atoms with van der Waals surface area (Å²) in [5.74, 6) is -0.984. The lowest BCUT2D eigenvalue weighted by Crippen LogP contribution is -2.56. The predicted octanol–water partition coefficient (Wildman–Crippen LogP) is 3.09. The van der Waals surface area contributed by atoms with Gasteiger partial charge in [0.05, 0.1) is 5.57 Å². The number of likely N-dealkylation sites (tertiary alicyclic amines) is 1. The van der Waals surface area contributed by atoms with Crippen molar-refractivity contribution in [2.24, 2.45) is 5.73 Å². The Labute approximate surface area is 162 Å². The molecule has 0 spiro atoms. The monoisotopic (exact) mass is 382 g/mol. The summed E-state index contributed by atoms with van der Waals surface area (Å²) in [4.78, 5) is 27.7. The van der Waals surface area contributed by atoms with Crippen LogP contribution in [0.5, 0.6) is 0 Å². The normalized spacial score (nSPS) is 22.3. The van der Waals surface area contributed by atoms with Crippen LogP contribution < -0.4 is 5.73 Å². The molecule has 2 heterocycles. The number of halogens is 1. The molecule has 27 heavy (non-hydrogen) atoms. The summed E-state index contributed by atoms with van der Waals surface area (Å²) < 4.78 is 5.53. The van der Waals surface area contributed by atoms with Gasteiger partial charge in [0, 0.05) is 23.7 Å². The number of hydrogen-bond acceptors (Lipinski definition) is 4. The number of nitrogens with zero attached hydrogens (tertiary/aromatic N) is 1. The average molecular weight is 383 g/mol. The van der Waals surface area contributed by atoms with Gasteiger partial charge < -0.3 is 9.64 Å². The summed E-state index contributed by atoms with van der Waals surface area (Å²) in [5.41, 5.74) is 6.65. The molecule has 2 N–H and O–H groups in total. The molecular formula is C21H19ClN2O3. The molecule has 0 aliphatic carbocycles. The highest BCUT2D eigenvalue weighted by atomic mass is 35.5. The fraction of sp³-hybridized carbons (Fsp3) is 0.238. The van der Waals surface area contributed by atoms with Crippen molar-refractivity contribution >= 4 is 34.6 Å². The van der Waals surface area contributed by atoms with Crippen LogP contribution >= 0.6 is 11.6 Å². The molecule has 2 aliphatic rings. The van der Waals surface area contributed by atoms with Gasteiger partial charge in [0.15, 0.2) is 0 Å². The number of amides is 1. The van der Waals surface area contributed by atoms with Crippen molar-refractivity contribution in [3.63, 3.8) is 0 Å². The smallest absolute Gasteiger partial charge is 0.341 e. The van der Waals surface area contributed by atoms with E-state index in [4.69, 9.17) is 22.1 Å². The van der Waals surface area contributed by atoms with Crippen LogP contribution in [0.1, 0.15) is 24.0 Å². The number of esters is 1. The Morgan fingerprint density at radius 2 is 1.63 bits per heavy atom. The van der Waals surface area contributed by atoms with Gasteiger partial charge in [0.25, 0.3) is 11.6 Å². The van der Waals surface area contributed by atoms with E-state index in [0.717, 1.165) is 12.8 Å². The van der Waals surface area contributed by atoms with Gasteiger partial charge in [-0.05, 0) is 36.1 Å². The van der Waals surface area contributed by atoms with Crippen LogP contribution in [0.4, 0.5) is 0 Å². The van der Waals surface area contributed by atoms with Crippen LogP contribution in [-0.4, -0.2) is 35.6 Å². The summed E-state index contributed by atoms with van der Waals surface area (Å²) in [6, 6.07) is 16.0. The third-order valence-electron chi connectivity index (χ3n) is 4.99. The molecule has 0 saturated carbocycles. The molecule has 2 aromatic rings. The Kier molecular flexibility index (Phi) is 4.50. The minimum Gasteiger partial charge on any atom is -0.426 e. The zero-order chi connectivity index (χ0) is 19.0. The average Bonchev–Trinajstić information content (AvgIpc) is 3.29. The Morgan fingerprint density at radius 1 is 1.00 bits per heavy atom. The molecule has 5 nitrogen and oxygen atoms in total. The van der Waals surface area contributed by atoms with Gasteiger partial charge in [0.1, 0.15) is 0 Å². The summed E-state index contributed by atoms with van der Waals surface area (Å²) in [6.45, 7) is 1.24. The summed E-state index contributed by atoms with van der Waals surface area (Å²) in [5, 5.41) is 0.555. The molecule has 2 aromatic carbocycles. The second kappa shape index (κ2) is 6.83. The van der Waals surface area contributed by atoms with Crippen molar-refractivity contribution in [1.29, 1.82) is 0 Å². The van der Waals surface area contributed by atoms with Crippen LogP contribution in [0.15, 0.2) is 54.6 Å². The summed E-state index contributed by atoms with van der Waals surface area (Å²) in [6.07, 6.45) is 1.84. The molecule has 0 radical (unpaired) electrons. The molecule has 1 fully saturated rings. The van der Waals surface area contributed by atoms with E-state index in [1.807, 2.05) is 30.3 Å². The van der Waals surface area contributed by atoms with Crippen molar-refractivity contribution in [2.45, 2.75) is 18.6 Å². The first kappa shape index (κ1) is 17.8. The highest BCUT2D eigenvalue weighted by Crippen LogP contribution is 2.42. The van der Waals surface area contributed by atoms with Crippen molar-refractivity contribution < 1.29 is 14.3 Å². The molecule has 0 bridgehead atoms. The van der Waals surface area contributed by atoms with Crippen molar-refractivity contribution in [3.8, 4) is 0 Å². The van der Waals surface area contributed by atoms with Crippen LogP contribution in [0.25, 0.3) is 11.1 Å². The number of benzene rings is 2. The number of carbonyl (C=O) groups is 2. The van der Waals surface area contributed by atoms with E-state index in [9.17, 15) is 9.59 Å². The van der Waals surface area contributed by atoms with E-state index in [1.54, 1.807) is 29.2 Å². The van der Waals surface area contributed by atoms with Crippen LogP contribution in [0.3, 0.4) is 0 Å². The topological polar surface area (TPSA) is 72.6 Å². The Morgan fingerprint density at radius 3 is 2.26 bits per heavy atom. The third kappa shape index (κ3) is 3.03. The molecule has 1 saturated heterocycles. The van der Waals surface area contributed by atoms with E-state index in [1.165, 1.54) is 0 Å². The fourth-order valence-electron chi connectivity index (χ4n) is 3.68. The number of rotatable bonds is 3. The zero-order valence-electron chi connectivity index (χ0n) is 14.7. The summed E-state index contributed by atoms with van der Waals surface area (Å²) in [7, 11) is 0. The number of cyclic esters (lactones) is 1. The number of carbonyl (C=O) groups excluding carboxylic acids is 2.